The zero-order valence-corrected chi connectivity index (χ0v) is 18.1. The van der Waals surface area contributed by atoms with Gasteiger partial charge in [0.05, 0.1) is 0 Å². The molecule has 1 aromatic carbocycles. The molecule has 4 amide bonds. The van der Waals surface area contributed by atoms with E-state index in [1.807, 2.05) is 31.2 Å². The Bertz CT molecular complexity index is 786. The van der Waals surface area contributed by atoms with Crippen molar-refractivity contribution in [2.24, 2.45) is 5.73 Å². The number of unbranched alkanes of at least 4 members (excludes halogenated alkanes) is 3. The van der Waals surface area contributed by atoms with Gasteiger partial charge in [0.2, 0.25) is 11.8 Å². The van der Waals surface area contributed by atoms with Crippen LogP contribution in [0.2, 0.25) is 0 Å². The van der Waals surface area contributed by atoms with Gasteiger partial charge >= 0.3 is 0 Å². The van der Waals surface area contributed by atoms with Crippen molar-refractivity contribution in [2.45, 2.75) is 57.9 Å². The number of nitrogens with one attached hydrogen (secondary N) is 2. The van der Waals surface area contributed by atoms with Gasteiger partial charge in [-0.1, -0.05) is 24.1 Å². The van der Waals surface area contributed by atoms with Crippen LogP contribution in [0.25, 0.3) is 0 Å². The molecule has 1 heterocycles. The smallest absolute Gasteiger partial charge is 0.253 e. The van der Waals surface area contributed by atoms with Gasteiger partial charge in [0.15, 0.2) is 0 Å². The number of carbonyl (C=O) groups is 4. The molecule has 1 atom stereocenters. The molecule has 1 aromatic rings. The van der Waals surface area contributed by atoms with Gasteiger partial charge in [-0.3, -0.25) is 24.1 Å². The van der Waals surface area contributed by atoms with E-state index >= 15 is 0 Å². The van der Waals surface area contributed by atoms with E-state index in [4.69, 9.17) is 5.73 Å². The largest absolute Gasteiger partial charge is 0.344 e. The second-order valence-corrected chi connectivity index (χ2v) is 7.73. The molecule has 0 bridgehead atoms. The van der Waals surface area contributed by atoms with Crippen LogP contribution in [-0.4, -0.2) is 47.7 Å². The number of imide groups is 1. The van der Waals surface area contributed by atoms with Crippen LogP contribution in [0, 0.1) is 6.92 Å². The van der Waals surface area contributed by atoms with Crippen molar-refractivity contribution >= 4 is 29.3 Å². The highest BCUT2D eigenvalue weighted by Crippen LogP contribution is 2.12. The summed E-state index contributed by atoms with van der Waals surface area (Å²) >= 11 is 0. The Morgan fingerprint density at radius 1 is 0.968 bits per heavy atom. The fourth-order valence-corrected chi connectivity index (χ4v) is 3.28. The maximum atomic E-state index is 12.7. The van der Waals surface area contributed by atoms with Crippen molar-refractivity contribution in [3.8, 4) is 0 Å². The number of carbonyl (C=O) groups excluding carboxylic acids is 4. The van der Waals surface area contributed by atoms with Gasteiger partial charge in [-0.05, 0) is 57.7 Å². The van der Waals surface area contributed by atoms with Gasteiger partial charge < -0.3 is 16.4 Å². The van der Waals surface area contributed by atoms with Gasteiger partial charge in [-0.2, -0.15) is 0 Å². The molecule has 31 heavy (non-hydrogen) atoms. The first-order chi connectivity index (χ1) is 14.9. The Morgan fingerprint density at radius 2 is 1.65 bits per heavy atom. The molecule has 0 aromatic heterocycles. The molecular formula is C23H32N4O4. The molecule has 0 spiro atoms. The van der Waals surface area contributed by atoms with E-state index in [0.717, 1.165) is 18.4 Å². The minimum Gasteiger partial charge on any atom is -0.344 e. The molecule has 0 aliphatic carbocycles. The lowest BCUT2D eigenvalue weighted by atomic mass is 10.1. The van der Waals surface area contributed by atoms with Crippen LogP contribution in [-0.2, 0) is 19.2 Å². The monoisotopic (exact) mass is 428 g/mol. The number of hydrogen-bond donors (Lipinski definition) is 3. The Kier molecular flexibility index (Phi) is 9.90. The summed E-state index contributed by atoms with van der Waals surface area (Å²) in [6.07, 6.45) is 6.83. The summed E-state index contributed by atoms with van der Waals surface area (Å²) in [4.78, 5) is 49.3. The van der Waals surface area contributed by atoms with Crippen LogP contribution in [0.3, 0.4) is 0 Å². The summed E-state index contributed by atoms with van der Waals surface area (Å²) < 4.78 is 0. The van der Waals surface area contributed by atoms with E-state index in [1.165, 1.54) is 17.1 Å². The molecule has 1 aliphatic heterocycles. The number of rotatable bonds is 13. The summed E-state index contributed by atoms with van der Waals surface area (Å²) in [6, 6.07) is 6.87. The maximum absolute atomic E-state index is 12.7. The summed E-state index contributed by atoms with van der Waals surface area (Å²) in [5.74, 6) is -1.01. The molecule has 0 fully saturated rings. The number of aryl methyl sites for hydroxylation is 1. The molecule has 0 saturated heterocycles. The Labute approximate surface area is 183 Å². The van der Waals surface area contributed by atoms with Crippen molar-refractivity contribution in [1.29, 1.82) is 0 Å². The van der Waals surface area contributed by atoms with E-state index in [0.29, 0.717) is 44.5 Å². The van der Waals surface area contributed by atoms with E-state index in [9.17, 15) is 19.2 Å². The summed E-state index contributed by atoms with van der Waals surface area (Å²) in [5.41, 5.74) is 7.34. The minimum atomic E-state index is -0.619. The second kappa shape index (κ2) is 12.6. The van der Waals surface area contributed by atoms with Crippen LogP contribution >= 0.6 is 0 Å². The average Bonchev–Trinajstić information content (AvgIpc) is 3.06. The van der Waals surface area contributed by atoms with E-state index < -0.39 is 6.04 Å². The van der Waals surface area contributed by atoms with Crippen molar-refractivity contribution in [3.63, 3.8) is 0 Å². The molecule has 8 heteroatoms. The Hall–Kier alpha value is -3.00. The standard InChI is InChI=1S/C23H32N4O4/c1-17-9-11-18(12-10-17)25-23(31)19(7-4-5-15-24)26-20(28)8-3-2-6-16-27-21(29)13-14-22(27)30/h9-14,19H,2-8,15-16,24H2,1H3,(H,25,31)(H,26,28). The summed E-state index contributed by atoms with van der Waals surface area (Å²) in [7, 11) is 0. The van der Waals surface area contributed by atoms with Crippen molar-refractivity contribution in [3.05, 3.63) is 42.0 Å². The number of amides is 4. The number of anilines is 1. The first kappa shape index (κ1) is 24.3. The number of benzene rings is 1. The third-order valence-electron chi connectivity index (χ3n) is 5.10. The lowest BCUT2D eigenvalue weighted by Crippen LogP contribution is -2.43. The van der Waals surface area contributed by atoms with Crippen LogP contribution in [0.4, 0.5) is 5.69 Å². The lowest BCUT2D eigenvalue weighted by Gasteiger charge is -2.19. The van der Waals surface area contributed by atoms with Crippen molar-refractivity contribution < 1.29 is 19.2 Å². The van der Waals surface area contributed by atoms with E-state index in [2.05, 4.69) is 10.6 Å². The van der Waals surface area contributed by atoms with Gasteiger partial charge in [0.25, 0.3) is 11.8 Å². The quantitative estimate of drug-likeness (QED) is 0.328. The fraction of sp³-hybridized carbons (Fsp3) is 0.478. The fourth-order valence-electron chi connectivity index (χ4n) is 3.28. The number of nitrogens with zero attached hydrogens (tertiary/aromatic N) is 1. The molecule has 0 radical (unpaired) electrons. The molecule has 8 nitrogen and oxygen atoms in total. The van der Waals surface area contributed by atoms with E-state index in [-0.39, 0.29) is 30.0 Å². The zero-order valence-electron chi connectivity index (χ0n) is 18.1. The van der Waals surface area contributed by atoms with Crippen LogP contribution in [0.5, 0.6) is 0 Å². The van der Waals surface area contributed by atoms with Crippen LogP contribution in [0.1, 0.15) is 50.5 Å². The highest BCUT2D eigenvalue weighted by molar-refractivity contribution is 6.12. The normalized spacial score (nSPS) is 14.1. The lowest BCUT2D eigenvalue weighted by molar-refractivity contribution is -0.137. The molecule has 1 aliphatic rings. The van der Waals surface area contributed by atoms with Crippen LogP contribution in [0.15, 0.2) is 36.4 Å². The summed E-state index contributed by atoms with van der Waals surface area (Å²) in [6.45, 7) is 2.87. The average molecular weight is 429 g/mol. The van der Waals surface area contributed by atoms with Gasteiger partial charge in [0.1, 0.15) is 6.04 Å². The maximum Gasteiger partial charge on any atom is 0.253 e. The van der Waals surface area contributed by atoms with Gasteiger partial charge in [-0.15, -0.1) is 0 Å². The Balaban J connectivity index is 1.76. The van der Waals surface area contributed by atoms with Crippen molar-refractivity contribution in [2.75, 3.05) is 18.4 Å². The molecule has 1 unspecified atom stereocenters. The molecule has 168 valence electrons. The molecule has 0 saturated carbocycles. The highest BCUT2D eigenvalue weighted by atomic mass is 16.2. The number of hydrogen-bond acceptors (Lipinski definition) is 5. The molecule has 2 rings (SSSR count). The Morgan fingerprint density at radius 3 is 2.29 bits per heavy atom. The third kappa shape index (κ3) is 8.33. The van der Waals surface area contributed by atoms with E-state index in [1.54, 1.807) is 0 Å². The predicted molar refractivity (Wildman–Crippen MR) is 119 cm³/mol. The second-order valence-electron chi connectivity index (χ2n) is 7.73. The van der Waals surface area contributed by atoms with Gasteiger partial charge in [0, 0.05) is 30.8 Å². The first-order valence-corrected chi connectivity index (χ1v) is 10.8. The SMILES string of the molecule is Cc1ccc(NC(=O)C(CCCCN)NC(=O)CCCCCN2C(=O)C=CC2=O)cc1. The topological polar surface area (TPSA) is 122 Å². The number of nitrogens with two attached hydrogens (primary N) is 1. The van der Waals surface area contributed by atoms with Crippen LogP contribution < -0.4 is 16.4 Å². The first-order valence-electron chi connectivity index (χ1n) is 10.8. The zero-order chi connectivity index (χ0) is 22.6. The predicted octanol–water partition coefficient (Wildman–Crippen LogP) is 2.03. The third-order valence-corrected chi connectivity index (χ3v) is 5.10. The summed E-state index contributed by atoms with van der Waals surface area (Å²) in [5, 5.41) is 5.69. The van der Waals surface area contributed by atoms with Crippen molar-refractivity contribution in [1.82, 2.24) is 10.2 Å². The molecular weight excluding hydrogens is 396 g/mol. The van der Waals surface area contributed by atoms with Gasteiger partial charge in [-0.25, -0.2) is 0 Å². The highest BCUT2D eigenvalue weighted by Gasteiger charge is 2.23. The molecule has 4 N–H and O–H groups in total. The minimum absolute atomic E-state index is 0.188.